The summed E-state index contributed by atoms with van der Waals surface area (Å²) in [6, 6.07) is 2.81. The molecule has 1 saturated heterocycles. The molecular weight excluding hydrogens is 378 g/mol. The lowest BCUT2D eigenvalue weighted by Gasteiger charge is -2.21. The zero-order chi connectivity index (χ0) is 20.0. The molecule has 3 heterocycles. The summed E-state index contributed by atoms with van der Waals surface area (Å²) in [5.74, 6) is 3.05. The zero-order valence-corrected chi connectivity index (χ0v) is 14.1. The van der Waals surface area contributed by atoms with Gasteiger partial charge in [0.15, 0.2) is 23.4 Å². The van der Waals surface area contributed by atoms with E-state index in [4.69, 9.17) is 10.6 Å². The topological polar surface area (TPSA) is 155 Å². The molecule has 1 aliphatic heterocycles. The molecule has 0 radical (unpaired) electrons. The lowest BCUT2D eigenvalue weighted by Crippen LogP contribution is -2.35. The van der Waals surface area contributed by atoms with E-state index in [-0.39, 0.29) is 11.1 Å². The van der Waals surface area contributed by atoms with Crippen LogP contribution in [0.3, 0.4) is 0 Å². The van der Waals surface area contributed by atoms with E-state index in [2.05, 4.69) is 20.2 Å². The van der Waals surface area contributed by atoms with Gasteiger partial charge in [0, 0.05) is 0 Å². The molecule has 28 heavy (non-hydrogen) atoms. The van der Waals surface area contributed by atoms with Crippen molar-refractivity contribution < 1.29 is 28.8 Å². The quantitative estimate of drug-likeness (QED) is 0.287. The largest absolute Gasteiger partial charge is 0.387 e. The van der Waals surface area contributed by atoms with E-state index in [1.165, 1.54) is 17.2 Å². The Morgan fingerprint density at radius 1 is 1.25 bits per heavy atom. The van der Waals surface area contributed by atoms with E-state index >= 15 is 0 Å². The molecule has 0 amide bonds. The van der Waals surface area contributed by atoms with Crippen LogP contribution < -0.4 is 11.3 Å². The van der Waals surface area contributed by atoms with Crippen LogP contribution in [0.1, 0.15) is 17.9 Å². The molecule has 10 nitrogen and oxygen atoms in total. The summed E-state index contributed by atoms with van der Waals surface area (Å²) in [6.07, 6.45) is -4.29. The second-order valence-electron chi connectivity index (χ2n) is 6.30. The van der Waals surface area contributed by atoms with Gasteiger partial charge in [0.2, 0.25) is 0 Å². The number of aromatic nitrogens is 4. The van der Waals surface area contributed by atoms with Crippen LogP contribution in [-0.2, 0) is 4.74 Å². The Labute approximate surface area is 155 Å². The minimum Gasteiger partial charge on any atom is -0.387 e. The van der Waals surface area contributed by atoms with Gasteiger partial charge in [-0.15, -0.1) is 0 Å². The number of rotatable bonds is 3. The molecule has 0 spiro atoms. The highest BCUT2D eigenvalue weighted by Gasteiger charge is 2.48. The summed E-state index contributed by atoms with van der Waals surface area (Å²) in [6.45, 7) is 0. The van der Waals surface area contributed by atoms with Crippen molar-refractivity contribution in [3.05, 3.63) is 53.4 Å². The van der Waals surface area contributed by atoms with Crippen LogP contribution in [0.25, 0.3) is 11.0 Å². The molecule has 1 aromatic carbocycles. The molecule has 0 aliphatic carbocycles. The van der Waals surface area contributed by atoms with Gasteiger partial charge in [0.1, 0.15) is 30.1 Å². The Morgan fingerprint density at radius 2 is 2.04 bits per heavy atom. The number of ether oxygens (including phenoxy) is 1. The highest BCUT2D eigenvalue weighted by atomic mass is 19.2. The van der Waals surface area contributed by atoms with Crippen LogP contribution in [0.15, 0.2) is 35.8 Å². The Morgan fingerprint density at radius 3 is 2.75 bits per heavy atom. The number of hydrogen-bond acceptors (Lipinski definition) is 8. The maximum absolute atomic E-state index is 13.5. The number of halogens is 2. The summed E-state index contributed by atoms with van der Waals surface area (Å²) >= 11 is 0. The number of benzene rings is 1. The van der Waals surface area contributed by atoms with Gasteiger partial charge in [0.25, 0.3) is 0 Å². The van der Waals surface area contributed by atoms with Crippen LogP contribution in [0, 0.1) is 11.6 Å². The molecule has 0 unspecified atom stereocenters. The van der Waals surface area contributed by atoms with Crippen molar-refractivity contribution in [3.8, 4) is 0 Å². The van der Waals surface area contributed by atoms with Crippen molar-refractivity contribution in [3.63, 3.8) is 0 Å². The average Bonchev–Trinajstić information content (AvgIpc) is 3.25. The zero-order valence-electron chi connectivity index (χ0n) is 14.1. The maximum atomic E-state index is 13.5. The number of aliphatic hydroxyl groups is 3. The van der Waals surface area contributed by atoms with Gasteiger partial charge in [-0.1, -0.05) is 6.07 Å². The molecular formula is C16H16F2N6O4. The SMILES string of the molecule is NN=c1nc[nH]c2c1cnn2[C@@H]1O[C@H]([C@H](O)c2ccc(F)c(F)c2)[C@@H](O)[C@H]1O. The lowest BCUT2D eigenvalue weighted by molar-refractivity contribution is -0.0885. The van der Waals surface area contributed by atoms with Crippen LogP contribution in [-0.4, -0.2) is 53.4 Å². The number of nitrogens with one attached hydrogen (secondary N) is 1. The van der Waals surface area contributed by atoms with Crippen molar-refractivity contribution in [1.82, 2.24) is 19.7 Å². The second-order valence-corrected chi connectivity index (χ2v) is 6.30. The van der Waals surface area contributed by atoms with Gasteiger partial charge >= 0.3 is 0 Å². The van der Waals surface area contributed by atoms with Gasteiger partial charge in [-0.05, 0) is 17.7 Å². The molecule has 2 aromatic heterocycles. The van der Waals surface area contributed by atoms with Crippen LogP contribution in [0.4, 0.5) is 8.78 Å². The minimum absolute atomic E-state index is 0.0129. The number of aliphatic hydroxyl groups excluding tert-OH is 3. The van der Waals surface area contributed by atoms with E-state index in [1.807, 2.05) is 0 Å². The predicted octanol–water partition coefficient (Wildman–Crippen LogP) is -0.835. The molecule has 5 atom stereocenters. The first-order valence-corrected chi connectivity index (χ1v) is 8.21. The molecule has 6 N–H and O–H groups in total. The van der Waals surface area contributed by atoms with Gasteiger partial charge in [-0.25, -0.2) is 18.4 Å². The summed E-state index contributed by atoms with van der Waals surface area (Å²) in [4.78, 5) is 6.76. The van der Waals surface area contributed by atoms with Crippen molar-refractivity contribution >= 4 is 11.0 Å². The summed E-state index contributed by atoms with van der Waals surface area (Å²) < 4.78 is 33.5. The maximum Gasteiger partial charge on any atom is 0.185 e. The fraction of sp³-hybridized carbons (Fsp3) is 0.312. The molecule has 0 bridgehead atoms. The Kier molecular flexibility index (Phi) is 4.55. The van der Waals surface area contributed by atoms with E-state index < -0.39 is 42.3 Å². The van der Waals surface area contributed by atoms with Gasteiger partial charge in [-0.3, -0.25) is 0 Å². The first-order chi connectivity index (χ1) is 13.4. The molecule has 1 aliphatic rings. The van der Waals surface area contributed by atoms with Gasteiger partial charge in [-0.2, -0.15) is 10.2 Å². The third kappa shape index (κ3) is 2.82. The minimum atomic E-state index is -1.52. The molecule has 148 valence electrons. The lowest BCUT2D eigenvalue weighted by atomic mass is 9.99. The standard InChI is InChI=1S/C16H16F2N6O4/c17-8-2-1-6(3-9(8)18)10(25)13-11(26)12(27)16(28-13)24-15-7(4-22-24)14(23-19)20-5-21-15/h1-5,10-13,16,25-27H,19H2,(H,20,21,23)/t10-,11+,12-,13-,16-/m1/s1. The van der Waals surface area contributed by atoms with Crippen LogP contribution >= 0.6 is 0 Å². The van der Waals surface area contributed by atoms with E-state index in [9.17, 15) is 24.1 Å². The normalized spacial score (nSPS) is 26.8. The fourth-order valence-electron chi connectivity index (χ4n) is 3.22. The first-order valence-electron chi connectivity index (χ1n) is 8.21. The van der Waals surface area contributed by atoms with Crippen LogP contribution in [0.5, 0.6) is 0 Å². The summed E-state index contributed by atoms with van der Waals surface area (Å²) in [5.41, 5.74) is 0.547. The number of nitrogens with zero attached hydrogens (tertiary/aromatic N) is 4. The Balaban J connectivity index is 1.67. The fourth-order valence-corrected chi connectivity index (χ4v) is 3.22. The third-order valence-electron chi connectivity index (χ3n) is 4.66. The number of aromatic amines is 1. The van der Waals surface area contributed by atoms with Crippen molar-refractivity contribution in [2.75, 3.05) is 0 Å². The van der Waals surface area contributed by atoms with Gasteiger partial charge in [0.05, 0.1) is 17.9 Å². The Bertz CT molecular complexity index is 1090. The van der Waals surface area contributed by atoms with E-state index in [0.29, 0.717) is 11.0 Å². The molecule has 4 rings (SSSR count). The number of H-pyrrole nitrogens is 1. The monoisotopic (exact) mass is 394 g/mol. The predicted molar refractivity (Wildman–Crippen MR) is 88.9 cm³/mol. The third-order valence-corrected chi connectivity index (χ3v) is 4.66. The van der Waals surface area contributed by atoms with E-state index in [0.717, 1.165) is 18.2 Å². The van der Waals surface area contributed by atoms with Crippen LogP contribution in [0.2, 0.25) is 0 Å². The van der Waals surface area contributed by atoms with Crippen molar-refractivity contribution in [2.45, 2.75) is 30.6 Å². The second kappa shape index (κ2) is 6.91. The highest BCUT2D eigenvalue weighted by Crippen LogP contribution is 2.36. The number of fused-ring (bicyclic) bond motifs is 1. The number of nitrogens with two attached hydrogens (primary N) is 1. The molecule has 0 saturated carbocycles. The summed E-state index contributed by atoms with van der Waals surface area (Å²) in [5, 5.41) is 39.3. The first kappa shape index (κ1) is 18.4. The summed E-state index contributed by atoms with van der Waals surface area (Å²) in [7, 11) is 0. The van der Waals surface area contributed by atoms with Crippen molar-refractivity contribution in [2.24, 2.45) is 10.9 Å². The molecule has 3 aromatic rings. The molecule has 12 heteroatoms. The van der Waals surface area contributed by atoms with Crippen molar-refractivity contribution in [1.29, 1.82) is 0 Å². The van der Waals surface area contributed by atoms with Gasteiger partial charge < -0.3 is 30.9 Å². The average molecular weight is 394 g/mol. The smallest absolute Gasteiger partial charge is 0.185 e. The molecule has 1 fully saturated rings. The number of hydrogen-bond donors (Lipinski definition) is 5. The van der Waals surface area contributed by atoms with E-state index in [1.54, 1.807) is 0 Å². The highest BCUT2D eigenvalue weighted by molar-refractivity contribution is 5.72. The Hall–Kier alpha value is -2.93.